The molecule has 2 heterocycles. The third kappa shape index (κ3) is 1.69. The second kappa shape index (κ2) is 4.41. The Bertz CT molecular complexity index is 555. The molecule has 2 rings (SSSR count). The summed E-state index contributed by atoms with van der Waals surface area (Å²) in [6.45, 7) is 4.12. The molecule has 0 amide bonds. The Morgan fingerprint density at radius 1 is 1.44 bits per heavy atom. The fraction of sp³-hybridized carbons (Fsp3) is 0.455. The summed E-state index contributed by atoms with van der Waals surface area (Å²) in [5, 5.41) is 0. The highest BCUT2D eigenvalue weighted by Gasteiger charge is 2.17. The van der Waals surface area contributed by atoms with Crippen LogP contribution in [0.5, 0.6) is 0 Å². The maximum atomic E-state index is 11.8. The molecule has 0 unspecified atom stereocenters. The van der Waals surface area contributed by atoms with E-state index in [9.17, 15) is 4.79 Å². The maximum absolute atomic E-state index is 11.8. The first kappa shape index (κ1) is 11.4. The Labute approximate surface area is 101 Å². The van der Waals surface area contributed by atoms with Gasteiger partial charge in [-0.05, 0) is 28.8 Å². The van der Waals surface area contributed by atoms with Crippen LogP contribution in [0, 0.1) is 0 Å². The molecule has 0 bridgehead atoms. The molecule has 0 saturated heterocycles. The number of rotatable bonds is 3. The zero-order valence-corrected chi connectivity index (χ0v) is 10.8. The number of pyridine rings is 1. The van der Waals surface area contributed by atoms with Crippen LogP contribution >= 0.6 is 15.9 Å². The molecule has 0 aliphatic rings. The van der Waals surface area contributed by atoms with Gasteiger partial charge in [0.2, 0.25) is 0 Å². The molecule has 0 N–H and O–H groups in total. The lowest BCUT2D eigenvalue weighted by Gasteiger charge is -2.12. The molecule has 86 valence electrons. The van der Waals surface area contributed by atoms with Crippen LogP contribution in [0.15, 0.2) is 26.1 Å². The van der Waals surface area contributed by atoms with Crippen molar-refractivity contribution in [2.75, 3.05) is 0 Å². The van der Waals surface area contributed by atoms with E-state index in [2.05, 4.69) is 34.8 Å². The lowest BCUT2D eigenvalue weighted by atomic mass is 10.1. The van der Waals surface area contributed by atoms with Crippen LogP contribution in [-0.4, -0.2) is 9.55 Å². The van der Waals surface area contributed by atoms with Gasteiger partial charge in [0.1, 0.15) is 5.52 Å². The summed E-state index contributed by atoms with van der Waals surface area (Å²) < 4.78 is 7.64. The van der Waals surface area contributed by atoms with E-state index >= 15 is 0 Å². The molecular formula is C11H13BrN2O2. The number of aromatic nitrogens is 2. The van der Waals surface area contributed by atoms with Gasteiger partial charge in [-0.1, -0.05) is 13.8 Å². The van der Waals surface area contributed by atoms with E-state index < -0.39 is 0 Å². The fourth-order valence-corrected chi connectivity index (χ4v) is 2.32. The SMILES string of the molecule is CCC(CC)n1c(=O)oc2c(Br)cncc21. The average molecular weight is 285 g/mol. The predicted octanol–water partition coefficient (Wildman–Crippen LogP) is 3.11. The summed E-state index contributed by atoms with van der Waals surface area (Å²) in [7, 11) is 0. The molecule has 4 nitrogen and oxygen atoms in total. The first-order chi connectivity index (χ1) is 7.69. The van der Waals surface area contributed by atoms with Crippen LogP contribution in [0.1, 0.15) is 32.7 Å². The lowest BCUT2D eigenvalue weighted by molar-refractivity contribution is 0.420. The van der Waals surface area contributed by atoms with Gasteiger partial charge in [0, 0.05) is 12.2 Å². The summed E-state index contributed by atoms with van der Waals surface area (Å²) in [6.07, 6.45) is 5.10. The lowest BCUT2D eigenvalue weighted by Crippen LogP contribution is -2.19. The maximum Gasteiger partial charge on any atom is 0.420 e. The van der Waals surface area contributed by atoms with Crippen molar-refractivity contribution in [1.29, 1.82) is 0 Å². The molecule has 0 aliphatic carbocycles. The predicted molar refractivity (Wildman–Crippen MR) is 65.6 cm³/mol. The van der Waals surface area contributed by atoms with Crippen LogP contribution in [0.4, 0.5) is 0 Å². The summed E-state index contributed by atoms with van der Waals surface area (Å²) in [4.78, 5) is 15.9. The zero-order chi connectivity index (χ0) is 11.7. The van der Waals surface area contributed by atoms with Crippen molar-refractivity contribution >= 4 is 27.0 Å². The van der Waals surface area contributed by atoms with Gasteiger partial charge in [0.05, 0.1) is 10.7 Å². The number of oxazole rings is 1. The van der Waals surface area contributed by atoms with Crippen LogP contribution in [0.2, 0.25) is 0 Å². The van der Waals surface area contributed by atoms with Crippen molar-refractivity contribution in [3.8, 4) is 0 Å². The molecule has 0 atom stereocenters. The Morgan fingerprint density at radius 2 is 2.12 bits per heavy atom. The summed E-state index contributed by atoms with van der Waals surface area (Å²) in [5.41, 5.74) is 1.33. The fourth-order valence-electron chi connectivity index (χ4n) is 1.92. The van der Waals surface area contributed by atoms with Crippen molar-refractivity contribution in [3.63, 3.8) is 0 Å². The Morgan fingerprint density at radius 3 is 2.75 bits per heavy atom. The molecule has 0 fully saturated rings. The van der Waals surface area contributed by atoms with Gasteiger partial charge >= 0.3 is 5.76 Å². The standard InChI is InChI=1S/C11H13BrN2O2/c1-3-7(4-2)14-9-6-13-5-8(12)10(9)16-11(14)15/h5-7H,3-4H2,1-2H3. The summed E-state index contributed by atoms with van der Waals surface area (Å²) in [6, 6.07) is 0.171. The first-order valence-electron chi connectivity index (χ1n) is 5.33. The summed E-state index contributed by atoms with van der Waals surface area (Å²) >= 11 is 3.33. The van der Waals surface area contributed by atoms with Crippen molar-refractivity contribution in [1.82, 2.24) is 9.55 Å². The van der Waals surface area contributed by atoms with Crippen LogP contribution in [0.3, 0.4) is 0 Å². The second-order valence-corrected chi connectivity index (χ2v) is 4.53. The topological polar surface area (TPSA) is 48.0 Å². The van der Waals surface area contributed by atoms with E-state index in [0.717, 1.165) is 18.4 Å². The highest BCUT2D eigenvalue weighted by Crippen LogP contribution is 2.25. The smallest absolute Gasteiger partial charge is 0.406 e. The first-order valence-corrected chi connectivity index (χ1v) is 6.12. The monoisotopic (exact) mass is 284 g/mol. The van der Waals surface area contributed by atoms with E-state index in [1.807, 2.05) is 0 Å². The van der Waals surface area contributed by atoms with E-state index in [4.69, 9.17) is 4.42 Å². The molecule has 0 spiro atoms. The van der Waals surface area contributed by atoms with Gasteiger partial charge < -0.3 is 4.42 Å². The Kier molecular flexibility index (Phi) is 3.14. The number of fused-ring (bicyclic) bond motifs is 1. The van der Waals surface area contributed by atoms with Crippen LogP contribution in [0.25, 0.3) is 11.1 Å². The van der Waals surface area contributed by atoms with Crippen molar-refractivity contribution in [3.05, 3.63) is 27.4 Å². The molecular weight excluding hydrogens is 272 g/mol. The van der Waals surface area contributed by atoms with Crippen molar-refractivity contribution in [2.45, 2.75) is 32.7 Å². The van der Waals surface area contributed by atoms with Gasteiger partial charge in [-0.15, -0.1) is 0 Å². The summed E-state index contributed by atoms with van der Waals surface area (Å²) in [5.74, 6) is -0.308. The van der Waals surface area contributed by atoms with E-state index in [1.54, 1.807) is 17.0 Å². The van der Waals surface area contributed by atoms with Crippen LogP contribution in [-0.2, 0) is 0 Å². The number of hydrogen-bond donors (Lipinski definition) is 0. The minimum atomic E-state index is -0.308. The zero-order valence-electron chi connectivity index (χ0n) is 9.24. The number of nitrogens with zero attached hydrogens (tertiary/aromatic N) is 2. The third-order valence-corrected chi connectivity index (χ3v) is 3.35. The van der Waals surface area contributed by atoms with Crippen LogP contribution < -0.4 is 5.76 Å². The highest BCUT2D eigenvalue weighted by atomic mass is 79.9. The quantitative estimate of drug-likeness (QED) is 0.870. The Hall–Kier alpha value is -1.10. The van der Waals surface area contributed by atoms with E-state index in [1.165, 1.54) is 0 Å². The molecule has 0 aromatic carbocycles. The van der Waals surface area contributed by atoms with Crippen molar-refractivity contribution in [2.24, 2.45) is 0 Å². The molecule has 0 saturated carbocycles. The van der Waals surface area contributed by atoms with E-state index in [-0.39, 0.29) is 11.8 Å². The highest BCUT2D eigenvalue weighted by molar-refractivity contribution is 9.10. The molecule has 2 aromatic heterocycles. The van der Waals surface area contributed by atoms with Gasteiger partial charge in [0.25, 0.3) is 0 Å². The number of hydrogen-bond acceptors (Lipinski definition) is 3. The minimum Gasteiger partial charge on any atom is -0.406 e. The Balaban J connectivity index is 2.74. The van der Waals surface area contributed by atoms with Gasteiger partial charge in [-0.2, -0.15) is 0 Å². The molecule has 0 aliphatic heterocycles. The second-order valence-electron chi connectivity index (χ2n) is 3.68. The molecule has 16 heavy (non-hydrogen) atoms. The third-order valence-electron chi connectivity index (χ3n) is 2.79. The minimum absolute atomic E-state index is 0.171. The van der Waals surface area contributed by atoms with Crippen molar-refractivity contribution < 1.29 is 4.42 Å². The molecule has 5 heteroatoms. The van der Waals surface area contributed by atoms with Gasteiger partial charge in [-0.3, -0.25) is 9.55 Å². The van der Waals surface area contributed by atoms with Gasteiger partial charge in [0.15, 0.2) is 5.58 Å². The number of halogens is 1. The van der Waals surface area contributed by atoms with Gasteiger partial charge in [-0.25, -0.2) is 4.79 Å². The average Bonchev–Trinajstić information content (AvgIpc) is 2.60. The largest absolute Gasteiger partial charge is 0.420 e. The van der Waals surface area contributed by atoms with E-state index in [0.29, 0.717) is 10.1 Å². The normalized spacial score (nSPS) is 11.5. The molecule has 0 radical (unpaired) electrons. The molecule has 2 aromatic rings.